The van der Waals surface area contributed by atoms with Gasteiger partial charge in [0.2, 0.25) is 0 Å². The number of carbonyl (C=O) groups excluding carboxylic acids is 1. The number of benzene rings is 1. The minimum absolute atomic E-state index is 0.0397. The van der Waals surface area contributed by atoms with Crippen LogP contribution in [0.2, 0.25) is 0 Å². The summed E-state index contributed by atoms with van der Waals surface area (Å²) in [7, 11) is 0. The third-order valence-electron chi connectivity index (χ3n) is 4.49. The summed E-state index contributed by atoms with van der Waals surface area (Å²) in [5.74, 6) is 0.564. The van der Waals surface area contributed by atoms with Gasteiger partial charge in [-0.15, -0.1) is 5.73 Å². The van der Waals surface area contributed by atoms with Crippen molar-refractivity contribution in [2.45, 2.75) is 50.2 Å². The standard InChI is InChI=1S/C22H28O5/c23-16-7-9-18(24)8-6-12-20-21(25)13-15-22(20,26)14-4-5-17-27-19-10-2-1-3-11-19/h1-3,6,10-11,13,15,18,23-24,26H,4-5,7-9,14,16-17H2. The lowest BCUT2D eigenvalue weighted by Crippen LogP contribution is -2.27. The van der Waals surface area contributed by atoms with Crippen LogP contribution in [0.5, 0.6) is 5.75 Å². The molecule has 0 amide bonds. The second kappa shape index (κ2) is 10.9. The molecule has 5 nitrogen and oxygen atoms in total. The van der Waals surface area contributed by atoms with E-state index in [4.69, 9.17) is 9.84 Å². The molecule has 1 aromatic rings. The number of ketones is 1. The van der Waals surface area contributed by atoms with Gasteiger partial charge in [-0.2, -0.15) is 0 Å². The monoisotopic (exact) mass is 372 g/mol. The number of aliphatic hydroxyl groups is 3. The summed E-state index contributed by atoms with van der Waals surface area (Å²) in [6, 6.07) is 9.55. The highest BCUT2D eigenvalue weighted by Gasteiger charge is 2.36. The molecule has 0 saturated heterocycles. The molecule has 0 saturated carbocycles. The first-order valence-electron chi connectivity index (χ1n) is 9.43. The Labute approximate surface area is 160 Å². The zero-order valence-corrected chi connectivity index (χ0v) is 15.5. The van der Waals surface area contributed by atoms with E-state index in [0.29, 0.717) is 38.7 Å². The van der Waals surface area contributed by atoms with Crippen LogP contribution in [-0.2, 0) is 4.79 Å². The third kappa shape index (κ3) is 6.81. The van der Waals surface area contributed by atoms with Crippen molar-refractivity contribution in [2.75, 3.05) is 13.2 Å². The van der Waals surface area contributed by atoms with Gasteiger partial charge in [0.1, 0.15) is 11.4 Å². The average molecular weight is 372 g/mol. The van der Waals surface area contributed by atoms with Crippen LogP contribution >= 0.6 is 0 Å². The summed E-state index contributed by atoms with van der Waals surface area (Å²) >= 11 is 0. The Kier molecular flexibility index (Phi) is 8.49. The Morgan fingerprint density at radius 2 is 1.96 bits per heavy atom. The fourth-order valence-corrected chi connectivity index (χ4v) is 2.94. The molecule has 2 unspecified atom stereocenters. The lowest BCUT2D eigenvalue weighted by molar-refractivity contribution is -0.112. The maximum atomic E-state index is 12.0. The fourth-order valence-electron chi connectivity index (χ4n) is 2.94. The summed E-state index contributed by atoms with van der Waals surface area (Å²) in [5.41, 5.74) is 1.79. The SMILES string of the molecule is O=C1C=CC(O)(CCCCOc2ccccc2)C1=C=CCC(O)CCCO. The molecule has 1 aliphatic carbocycles. The van der Waals surface area contributed by atoms with Crippen molar-refractivity contribution in [3.63, 3.8) is 0 Å². The molecule has 2 rings (SSSR count). The van der Waals surface area contributed by atoms with E-state index >= 15 is 0 Å². The van der Waals surface area contributed by atoms with Crippen LogP contribution in [-0.4, -0.2) is 46.0 Å². The summed E-state index contributed by atoms with van der Waals surface area (Å²) in [6.45, 7) is 0.585. The molecule has 0 fully saturated rings. The lowest BCUT2D eigenvalue weighted by Gasteiger charge is -2.21. The normalized spacial score (nSPS) is 19.8. The van der Waals surface area contributed by atoms with Crippen LogP contribution in [0.1, 0.15) is 38.5 Å². The van der Waals surface area contributed by atoms with Gasteiger partial charge in [0.15, 0.2) is 5.78 Å². The van der Waals surface area contributed by atoms with Crippen molar-refractivity contribution in [2.24, 2.45) is 0 Å². The molecule has 0 aliphatic heterocycles. The Morgan fingerprint density at radius 1 is 1.19 bits per heavy atom. The van der Waals surface area contributed by atoms with Crippen LogP contribution < -0.4 is 4.74 Å². The van der Waals surface area contributed by atoms with E-state index < -0.39 is 11.7 Å². The fraction of sp³-hybridized carbons (Fsp3) is 0.455. The third-order valence-corrected chi connectivity index (χ3v) is 4.49. The molecule has 2 atom stereocenters. The molecular weight excluding hydrogens is 344 g/mol. The molecule has 146 valence electrons. The molecule has 0 spiro atoms. The summed E-state index contributed by atoms with van der Waals surface area (Å²) in [4.78, 5) is 12.0. The largest absolute Gasteiger partial charge is 0.494 e. The van der Waals surface area contributed by atoms with Gasteiger partial charge in [-0.3, -0.25) is 4.79 Å². The van der Waals surface area contributed by atoms with Gasteiger partial charge in [0.25, 0.3) is 0 Å². The molecule has 0 bridgehead atoms. The minimum Gasteiger partial charge on any atom is -0.494 e. The van der Waals surface area contributed by atoms with E-state index in [1.165, 1.54) is 12.2 Å². The summed E-state index contributed by atoms with van der Waals surface area (Å²) < 4.78 is 5.63. The smallest absolute Gasteiger partial charge is 0.192 e. The van der Waals surface area contributed by atoms with Gasteiger partial charge < -0.3 is 20.1 Å². The van der Waals surface area contributed by atoms with E-state index in [0.717, 1.165) is 12.2 Å². The van der Waals surface area contributed by atoms with Crippen LogP contribution in [0.3, 0.4) is 0 Å². The maximum absolute atomic E-state index is 12.0. The molecule has 0 radical (unpaired) electrons. The topological polar surface area (TPSA) is 87.0 Å². The number of para-hydroxylation sites is 1. The number of aliphatic hydroxyl groups excluding tert-OH is 2. The number of ether oxygens (including phenoxy) is 1. The molecule has 1 aromatic carbocycles. The molecule has 3 N–H and O–H groups in total. The van der Waals surface area contributed by atoms with E-state index in [1.807, 2.05) is 30.3 Å². The predicted octanol–water partition coefficient (Wildman–Crippen LogP) is 2.71. The number of carbonyl (C=O) groups is 1. The first kappa shape index (κ1) is 21.1. The van der Waals surface area contributed by atoms with Crippen LogP contribution in [0, 0.1) is 0 Å². The highest BCUT2D eigenvalue weighted by molar-refractivity contribution is 6.08. The molecule has 1 aliphatic rings. The lowest BCUT2D eigenvalue weighted by atomic mass is 9.91. The second-order valence-electron chi connectivity index (χ2n) is 6.72. The Hall–Kier alpha value is -2.17. The van der Waals surface area contributed by atoms with Crippen LogP contribution in [0.15, 0.2) is 59.9 Å². The highest BCUT2D eigenvalue weighted by Crippen LogP contribution is 2.30. The van der Waals surface area contributed by atoms with Gasteiger partial charge >= 0.3 is 0 Å². The Bertz CT molecular complexity index is 688. The van der Waals surface area contributed by atoms with Gasteiger partial charge in [0, 0.05) is 6.61 Å². The molecule has 0 heterocycles. The van der Waals surface area contributed by atoms with E-state index in [2.05, 4.69) is 5.73 Å². The Balaban J connectivity index is 1.83. The van der Waals surface area contributed by atoms with Crippen molar-refractivity contribution < 1.29 is 24.9 Å². The van der Waals surface area contributed by atoms with Crippen molar-refractivity contribution in [1.82, 2.24) is 0 Å². The average Bonchev–Trinajstić information content (AvgIpc) is 2.95. The minimum atomic E-state index is -1.31. The summed E-state index contributed by atoms with van der Waals surface area (Å²) in [6.07, 6.45) is 7.12. The van der Waals surface area contributed by atoms with Crippen molar-refractivity contribution in [3.05, 3.63) is 59.9 Å². The van der Waals surface area contributed by atoms with Gasteiger partial charge in [-0.05, 0) is 68.9 Å². The number of rotatable bonds is 11. The van der Waals surface area contributed by atoms with Gasteiger partial charge in [-0.25, -0.2) is 0 Å². The van der Waals surface area contributed by atoms with E-state index in [-0.39, 0.29) is 18.0 Å². The molecular formula is C22H28O5. The second-order valence-corrected chi connectivity index (χ2v) is 6.72. The first-order valence-corrected chi connectivity index (χ1v) is 9.43. The van der Waals surface area contributed by atoms with Gasteiger partial charge in [-0.1, -0.05) is 18.2 Å². The highest BCUT2D eigenvalue weighted by atomic mass is 16.5. The van der Waals surface area contributed by atoms with Crippen LogP contribution in [0.4, 0.5) is 0 Å². The van der Waals surface area contributed by atoms with Crippen molar-refractivity contribution in [1.29, 1.82) is 0 Å². The van der Waals surface area contributed by atoms with Crippen LogP contribution in [0.25, 0.3) is 0 Å². The number of unbranched alkanes of at least 4 members (excludes halogenated alkanes) is 1. The van der Waals surface area contributed by atoms with E-state index in [1.54, 1.807) is 6.08 Å². The first-order chi connectivity index (χ1) is 13.0. The van der Waals surface area contributed by atoms with Crippen molar-refractivity contribution in [3.8, 4) is 5.75 Å². The predicted molar refractivity (Wildman–Crippen MR) is 103 cm³/mol. The summed E-state index contributed by atoms with van der Waals surface area (Å²) in [5, 5.41) is 29.3. The zero-order valence-electron chi connectivity index (χ0n) is 15.5. The Morgan fingerprint density at radius 3 is 2.70 bits per heavy atom. The van der Waals surface area contributed by atoms with Crippen molar-refractivity contribution >= 4 is 5.78 Å². The number of allylic oxidation sites excluding steroid dienone is 1. The number of hydrogen-bond donors (Lipinski definition) is 3. The maximum Gasteiger partial charge on any atom is 0.192 e. The number of hydrogen-bond acceptors (Lipinski definition) is 5. The molecule has 0 aromatic heterocycles. The molecule has 27 heavy (non-hydrogen) atoms. The van der Waals surface area contributed by atoms with E-state index in [9.17, 15) is 15.0 Å². The molecule has 5 heteroatoms. The van der Waals surface area contributed by atoms with Gasteiger partial charge in [0.05, 0.1) is 18.3 Å². The zero-order chi connectivity index (χ0) is 19.5. The quantitative estimate of drug-likeness (QED) is 0.316.